The molecule has 5 heteroatoms. The molecule has 0 saturated carbocycles. The van der Waals surface area contributed by atoms with Crippen LogP contribution < -0.4 is 14.8 Å². The summed E-state index contributed by atoms with van der Waals surface area (Å²) in [5, 5.41) is 5.27. The van der Waals surface area contributed by atoms with Gasteiger partial charge in [0.05, 0.1) is 10.5 Å². The minimum absolute atomic E-state index is 0.0447. The summed E-state index contributed by atoms with van der Waals surface area (Å²) in [4.78, 5) is 12.6. The van der Waals surface area contributed by atoms with Crippen LogP contribution in [0.3, 0.4) is 0 Å². The smallest absolute Gasteiger partial charge is 0.258 e. The molecule has 0 saturated heterocycles. The Bertz CT molecular complexity index is 1030. The second kappa shape index (κ2) is 7.47. The molecular weight excluding hydrogens is 418 g/mol. The van der Waals surface area contributed by atoms with Crippen molar-refractivity contribution in [2.75, 3.05) is 6.61 Å². The van der Waals surface area contributed by atoms with Gasteiger partial charge in [-0.05, 0) is 52.7 Å². The molecular formula is C23H22BrNO3. The van der Waals surface area contributed by atoms with Crippen molar-refractivity contribution in [1.82, 2.24) is 5.32 Å². The Labute approximate surface area is 173 Å². The fourth-order valence-corrected chi connectivity index (χ4v) is 4.24. The number of benzene rings is 3. The minimum atomic E-state index is -0.339. The Morgan fingerprint density at radius 2 is 1.89 bits per heavy atom. The van der Waals surface area contributed by atoms with Crippen LogP contribution >= 0.6 is 15.9 Å². The van der Waals surface area contributed by atoms with E-state index in [0.29, 0.717) is 12.2 Å². The van der Waals surface area contributed by atoms with Gasteiger partial charge in [-0.15, -0.1) is 0 Å². The molecule has 3 aromatic carbocycles. The molecule has 0 aromatic heterocycles. The average molecular weight is 440 g/mol. The second-order valence-corrected chi connectivity index (χ2v) is 8.40. The molecule has 1 aliphatic rings. The maximum absolute atomic E-state index is 12.6. The lowest BCUT2D eigenvalue weighted by molar-refractivity contribution is -0.124. The Hall–Kier alpha value is -2.53. The summed E-state index contributed by atoms with van der Waals surface area (Å²) in [5.41, 5.74) is 0.663. The molecule has 4 nitrogen and oxygen atoms in total. The summed E-state index contributed by atoms with van der Waals surface area (Å²) in [6.07, 6.45) is 0.704. The number of fused-ring (bicyclic) bond motifs is 2. The zero-order chi connectivity index (χ0) is 19.7. The van der Waals surface area contributed by atoms with Crippen molar-refractivity contribution in [3.05, 3.63) is 70.7 Å². The molecule has 1 N–H and O–H groups in total. The molecule has 0 spiro atoms. The zero-order valence-electron chi connectivity index (χ0n) is 15.9. The normalized spacial score (nSPS) is 17.5. The highest BCUT2D eigenvalue weighted by Gasteiger charge is 2.34. The van der Waals surface area contributed by atoms with Gasteiger partial charge in [-0.1, -0.05) is 48.5 Å². The third-order valence-electron chi connectivity index (χ3n) is 4.90. The van der Waals surface area contributed by atoms with Crippen LogP contribution in [0.25, 0.3) is 10.8 Å². The Balaban J connectivity index is 1.46. The first kappa shape index (κ1) is 18.8. The molecule has 1 amide bonds. The number of para-hydroxylation sites is 1. The first-order valence-corrected chi connectivity index (χ1v) is 10.1. The topological polar surface area (TPSA) is 47.6 Å². The van der Waals surface area contributed by atoms with Crippen LogP contribution in [0.2, 0.25) is 0 Å². The number of carbonyl (C=O) groups is 1. The lowest BCUT2D eigenvalue weighted by atomic mass is 9.90. The molecule has 1 aliphatic heterocycles. The predicted octanol–water partition coefficient (Wildman–Crippen LogP) is 5.40. The molecule has 0 unspecified atom stereocenters. The number of ether oxygens (including phenoxy) is 2. The van der Waals surface area contributed by atoms with E-state index >= 15 is 0 Å². The largest absolute Gasteiger partial charge is 0.487 e. The van der Waals surface area contributed by atoms with Gasteiger partial charge in [-0.25, -0.2) is 0 Å². The van der Waals surface area contributed by atoms with E-state index in [4.69, 9.17) is 9.47 Å². The van der Waals surface area contributed by atoms with Crippen LogP contribution in [0.15, 0.2) is 65.1 Å². The predicted molar refractivity (Wildman–Crippen MR) is 114 cm³/mol. The van der Waals surface area contributed by atoms with E-state index in [0.717, 1.165) is 26.6 Å². The summed E-state index contributed by atoms with van der Waals surface area (Å²) in [7, 11) is 0. The number of halogens is 1. The maximum atomic E-state index is 12.6. The highest BCUT2D eigenvalue weighted by Crippen LogP contribution is 2.39. The fraction of sp³-hybridized carbons (Fsp3) is 0.261. The van der Waals surface area contributed by atoms with Crippen molar-refractivity contribution in [2.24, 2.45) is 0 Å². The number of rotatable bonds is 4. The SMILES string of the molecule is CC1(C)C[C@@H](NC(=O)COc2ccc3ccccc3c2Br)c2ccccc2O1. The summed E-state index contributed by atoms with van der Waals surface area (Å²) in [6, 6.07) is 19.7. The second-order valence-electron chi connectivity index (χ2n) is 7.61. The van der Waals surface area contributed by atoms with Crippen molar-refractivity contribution in [3.8, 4) is 11.5 Å². The van der Waals surface area contributed by atoms with Crippen molar-refractivity contribution >= 4 is 32.6 Å². The monoisotopic (exact) mass is 439 g/mol. The molecule has 28 heavy (non-hydrogen) atoms. The van der Waals surface area contributed by atoms with E-state index in [1.807, 2.05) is 74.5 Å². The van der Waals surface area contributed by atoms with Gasteiger partial charge in [0, 0.05) is 12.0 Å². The van der Waals surface area contributed by atoms with Crippen molar-refractivity contribution in [1.29, 1.82) is 0 Å². The van der Waals surface area contributed by atoms with Gasteiger partial charge >= 0.3 is 0 Å². The number of amides is 1. The number of hydrogen-bond donors (Lipinski definition) is 1. The highest BCUT2D eigenvalue weighted by atomic mass is 79.9. The molecule has 0 bridgehead atoms. The van der Waals surface area contributed by atoms with E-state index in [2.05, 4.69) is 21.2 Å². The summed E-state index contributed by atoms with van der Waals surface area (Å²) in [6.45, 7) is 4.02. The summed E-state index contributed by atoms with van der Waals surface area (Å²) < 4.78 is 12.7. The van der Waals surface area contributed by atoms with Gasteiger partial charge in [0.25, 0.3) is 5.91 Å². The van der Waals surface area contributed by atoms with E-state index < -0.39 is 0 Å². The standard InChI is InChI=1S/C23H22BrNO3/c1-23(2)13-18(17-9-5-6-10-19(17)28-23)25-21(26)14-27-20-12-11-15-7-3-4-8-16(15)22(20)24/h3-12,18H,13-14H2,1-2H3,(H,25,26)/t18-/m1/s1. The van der Waals surface area contributed by atoms with E-state index in [-0.39, 0.29) is 24.2 Å². The average Bonchev–Trinajstić information content (AvgIpc) is 2.67. The minimum Gasteiger partial charge on any atom is -0.487 e. The van der Waals surface area contributed by atoms with Crippen molar-refractivity contribution in [3.63, 3.8) is 0 Å². The first-order valence-electron chi connectivity index (χ1n) is 9.30. The maximum Gasteiger partial charge on any atom is 0.258 e. The molecule has 0 fully saturated rings. The van der Waals surface area contributed by atoms with Crippen LogP contribution in [0.5, 0.6) is 11.5 Å². The van der Waals surface area contributed by atoms with Crippen LogP contribution in [0.1, 0.15) is 31.9 Å². The third-order valence-corrected chi connectivity index (χ3v) is 5.72. The lowest BCUT2D eigenvalue weighted by Gasteiger charge is -2.37. The van der Waals surface area contributed by atoms with Crippen LogP contribution in [0, 0.1) is 0 Å². The lowest BCUT2D eigenvalue weighted by Crippen LogP contribution is -2.42. The molecule has 144 valence electrons. The molecule has 4 rings (SSSR count). The van der Waals surface area contributed by atoms with Crippen molar-refractivity contribution in [2.45, 2.75) is 31.9 Å². The molecule has 1 atom stereocenters. The Morgan fingerprint density at radius 1 is 1.14 bits per heavy atom. The van der Waals surface area contributed by atoms with Gasteiger partial charge in [-0.2, -0.15) is 0 Å². The van der Waals surface area contributed by atoms with Crippen molar-refractivity contribution < 1.29 is 14.3 Å². The van der Waals surface area contributed by atoms with E-state index in [9.17, 15) is 4.79 Å². The third kappa shape index (κ3) is 3.85. The molecule has 3 aromatic rings. The highest BCUT2D eigenvalue weighted by molar-refractivity contribution is 9.10. The summed E-state index contributed by atoms with van der Waals surface area (Å²) in [5.74, 6) is 1.32. The Morgan fingerprint density at radius 3 is 2.75 bits per heavy atom. The molecule has 1 heterocycles. The van der Waals surface area contributed by atoms with Gasteiger partial charge in [0.1, 0.15) is 17.1 Å². The number of carbonyl (C=O) groups excluding carboxylic acids is 1. The van der Waals surface area contributed by atoms with Crippen LogP contribution in [-0.2, 0) is 4.79 Å². The molecule has 0 aliphatic carbocycles. The van der Waals surface area contributed by atoms with Crippen LogP contribution in [-0.4, -0.2) is 18.1 Å². The van der Waals surface area contributed by atoms with Gasteiger partial charge in [0.15, 0.2) is 6.61 Å². The van der Waals surface area contributed by atoms with Gasteiger partial charge < -0.3 is 14.8 Å². The Kier molecular flexibility index (Phi) is 5.02. The summed E-state index contributed by atoms with van der Waals surface area (Å²) >= 11 is 3.59. The molecule has 0 radical (unpaired) electrons. The quantitative estimate of drug-likeness (QED) is 0.591. The van der Waals surface area contributed by atoms with E-state index in [1.54, 1.807) is 0 Å². The van der Waals surface area contributed by atoms with Crippen LogP contribution in [0.4, 0.5) is 0 Å². The van der Waals surface area contributed by atoms with E-state index in [1.165, 1.54) is 0 Å². The van der Waals surface area contributed by atoms with Gasteiger partial charge in [0.2, 0.25) is 0 Å². The zero-order valence-corrected chi connectivity index (χ0v) is 17.5. The first-order chi connectivity index (χ1) is 13.4. The van der Waals surface area contributed by atoms with Gasteiger partial charge in [-0.3, -0.25) is 4.79 Å². The fourth-order valence-electron chi connectivity index (χ4n) is 3.64. The number of nitrogens with one attached hydrogen (secondary N) is 1. The number of hydrogen-bond acceptors (Lipinski definition) is 3.